The summed E-state index contributed by atoms with van der Waals surface area (Å²) in [4.78, 5) is 11.4. The Labute approximate surface area is 96.4 Å². The molecule has 1 aliphatic rings. The molecule has 1 amide bonds. The minimum Gasteiger partial charge on any atom is -0.384 e. The third kappa shape index (κ3) is 4.47. The van der Waals surface area contributed by atoms with E-state index in [9.17, 15) is 4.79 Å². The van der Waals surface area contributed by atoms with Crippen LogP contribution in [-0.4, -0.2) is 44.7 Å². The highest BCUT2D eigenvalue weighted by Gasteiger charge is 2.32. The van der Waals surface area contributed by atoms with Crippen LogP contribution in [0, 0.1) is 0 Å². The first-order valence-electron chi connectivity index (χ1n) is 5.62. The Bertz CT molecular complexity index is 226. The molecule has 16 heavy (non-hydrogen) atoms. The standard InChI is InChI=1S/C11H21NO4/c1-9(12-10(13)4-5-14-3)8-11(2)15-6-7-16-11/h9H,4-8H2,1-3H3,(H,12,13)/t9-/m1/s1. The number of hydrogen-bond donors (Lipinski definition) is 1. The van der Waals surface area contributed by atoms with Gasteiger partial charge in [-0.1, -0.05) is 0 Å². The fourth-order valence-electron chi connectivity index (χ4n) is 1.82. The van der Waals surface area contributed by atoms with Crippen molar-refractivity contribution in [3.05, 3.63) is 0 Å². The second kappa shape index (κ2) is 6.18. The van der Waals surface area contributed by atoms with Gasteiger partial charge in [0.2, 0.25) is 5.91 Å². The van der Waals surface area contributed by atoms with Gasteiger partial charge in [0.15, 0.2) is 5.79 Å². The largest absolute Gasteiger partial charge is 0.384 e. The summed E-state index contributed by atoms with van der Waals surface area (Å²) in [5.41, 5.74) is 0. The average molecular weight is 231 g/mol. The van der Waals surface area contributed by atoms with Gasteiger partial charge in [-0.25, -0.2) is 0 Å². The van der Waals surface area contributed by atoms with Gasteiger partial charge in [0, 0.05) is 26.0 Å². The quantitative estimate of drug-likeness (QED) is 0.730. The maximum Gasteiger partial charge on any atom is 0.222 e. The molecule has 1 saturated heterocycles. The molecule has 1 N–H and O–H groups in total. The van der Waals surface area contributed by atoms with Crippen molar-refractivity contribution in [1.29, 1.82) is 0 Å². The highest BCUT2D eigenvalue weighted by Crippen LogP contribution is 2.23. The van der Waals surface area contributed by atoms with Crippen molar-refractivity contribution in [2.24, 2.45) is 0 Å². The van der Waals surface area contributed by atoms with E-state index in [4.69, 9.17) is 14.2 Å². The predicted octanol–water partition coefficient (Wildman–Crippen LogP) is 0.681. The molecule has 1 fully saturated rings. The van der Waals surface area contributed by atoms with Gasteiger partial charge in [-0.15, -0.1) is 0 Å². The Hall–Kier alpha value is -0.650. The molecule has 1 atom stereocenters. The van der Waals surface area contributed by atoms with E-state index in [0.717, 1.165) is 0 Å². The summed E-state index contributed by atoms with van der Waals surface area (Å²) >= 11 is 0. The summed E-state index contributed by atoms with van der Waals surface area (Å²) in [5, 5.41) is 2.89. The van der Waals surface area contributed by atoms with Crippen LogP contribution >= 0.6 is 0 Å². The lowest BCUT2D eigenvalue weighted by Crippen LogP contribution is -2.40. The van der Waals surface area contributed by atoms with E-state index in [1.807, 2.05) is 13.8 Å². The average Bonchev–Trinajstić information content (AvgIpc) is 2.61. The first-order chi connectivity index (χ1) is 7.56. The van der Waals surface area contributed by atoms with Crippen LogP contribution in [0.2, 0.25) is 0 Å². The van der Waals surface area contributed by atoms with Gasteiger partial charge in [0.1, 0.15) is 0 Å². The molecule has 0 radical (unpaired) electrons. The summed E-state index contributed by atoms with van der Waals surface area (Å²) in [7, 11) is 1.58. The molecule has 0 saturated carbocycles. The molecular weight excluding hydrogens is 210 g/mol. The third-order valence-electron chi connectivity index (χ3n) is 2.52. The van der Waals surface area contributed by atoms with Crippen LogP contribution in [0.3, 0.4) is 0 Å². The SMILES string of the molecule is COCCC(=O)N[C@H](C)CC1(C)OCCO1. The van der Waals surface area contributed by atoms with Crippen LogP contribution in [0.4, 0.5) is 0 Å². The van der Waals surface area contributed by atoms with E-state index in [2.05, 4.69) is 5.32 Å². The van der Waals surface area contributed by atoms with Gasteiger partial charge in [-0.3, -0.25) is 4.79 Å². The number of carbonyl (C=O) groups excluding carboxylic acids is 1. The molecule has 0 aliphatic carbocycles. The number of hydrogen-bond acceptors (Lipinski definition) is 4. The Morgan fingerprint density at radius 2 is 2.12 bits per heavy atom. The Morgan fingerprint density at radius 1 is 1.50 bits per heavy atom. The molecule has 5 nitrogen and oxygen atoms in total. The van der Waals surface area contributed by atoms with E-state index in [0.29, 0.717) is 32.7 Å². The molecule has 5 heteroatoms. The molecule has 1 aliphatic heterocycles. The highest BCUT2D eigenvalue weighted by molar-refractivity contribution is 5.76. The number of amides is 1. The number of carbonyl (C=O) groups is 1. The first-order valence-corrected chi connectivity index (χ1v) is 5.62. The monoisotopic (exact) mass is 231 g/mol. The molecule has 94 valence electrons. The van der Waals surface area contributed by atoms with Crippen molar-refractivity contribution >= 4 is 5.91 Å². The molecule has 0 aromatic carbocycles. The molecule has 0 aromatic heterocycles. The molecule has 0 unspecified atom stereocenters. The maximum absolute atomic E-state index is 11.4. The number of rotatable bonds is 6. The van der Waals surface area contributed by atoms with Crippen LogP contribution < -0.4 is 5.32 Å². The Kier molecular flexibility index (Phi) is 5.18. The molecular formula is C11H21NO4. The van der Waals surface area contributed by atoms with Crippen molar-refractivity contribution in [3.8, 4) is 0 Å². The fourth-order valence-corrected chi connectivity index (χ4v) is 1.82. The summed E-state index contributed by atoms with van der Waals surface area (Å²) in [6, 6.07) is 0.0347. The zero-order valence-corrected chi connectivity index (χ0v) is 10.2. The number of ether oxygens (including phenoxy) is 3. The lowest BCUT2D eigenvalue weighted by Gasteiger charge is -2.26. The van der Waals surface area contributed by atoms with Gasteiger partial charge in [0.05, 0.1) is 19.8 Å². The first kappa shape index (κ1) is 13.4. The van der Waals surface area contributed by atoms with Crippen LogP contribution in [0.15, 0.2) is 0 Å². The van der Waals surface area contributed by atoms with Crippen molar-refractivity contribution in [1.82, 2.24) is 5.32 Å². The normalized spacial score (nSPS) is 20.7. The van der Waals surface area contributed by atoms with E-state index in [1.165, 1.54) is 0 Å². The molecule has 1 rings (SSSR count). The van der Waals surface area contributed by atoms with E-state index >= 15 is 0 Å². The van der Waals surface area contributed by atoms with Crippen molar-refractivity contribution in [2.45, 2.75) is 38.5 Å². The van der Waals surface area contributed by atoms with Crippen LogP contribution in [-0.2, 0) is 19.0 Å². The van der Waals surface area contributed by atoms with Crippen LogP contribution in [0.25, 0.3) is 0 Å². The van der Waals surface area contributed by atoms with Crippen LogP contribution in [0.1, 0.15) is 26.7 Å². The van der Waals surface area contributed by atoms with Gasteiger partial charge in [-0.2, -0.15) is 0 Å². The summed E-state index contributed by atoms with van der Waals surface area (Å²) < 4.78 is 15.8. The van der Waals surface area contributed by atoms with E-state index in [-0.39, 0.29) is 11.9 Å². The molecule has 0 aromatic rings. The summed E-state index contributed by atoms with van der Waals surface area (Å²) in [6.07, 6.45) is 1.05. The maximum atomic E-state index is 11.4. The Morgan fingerprint density at radius 3 is 2.69 bits per heavy atom. The Balaban J connectivity index is 2.24. The van der Waals surface area contributed by atoms with Gasteiger partial charge >= 0.3 is 0 Å². The lowest BCUT2D eigenvalue weighted by atomic mass is 10.1. The van der Waals surface area contributed by atoms with Gasteiger partial charge in [-0.05, 0) is 13.8 Å². The highest BCUT2D eigenvalue weighted by atomic mass is 16.7. The lowest BCUT2D eigenvalue weighted by molar-refractivity contribution is -0.151. The third-order valence-corrected chi connectivity index (χ3v) is 2.52. The zero-order chi connectivity index (χ0) is 12.0. The second-order valence-corrected chi connectivity index (χ2v) is 4.25. The minimum absolute atomic E-state index is 0.00375. The molecule has 0 bridgehead atoms. The number of nitrogens with one attached hydrogen (secondary N) is 1. The van der Waals surface area contributed by atoms with Gasteiger partial charge in [0.25, 0.3) is 0 Å². The van der Waals surface area contributed by atoms with E-state index < -0.39 is 5.79 Å². The van der Waals surface area contributed by atoms with Crippen molar-refractivity contribution < 1.29 is 19.0 Å². The van der Waals surface area contributed by atoms with Crippen molar-refractivity contribution in [3.63, 3.8) is 0 Å². The zero-order valence-electron chi connectivity index (χ0n) is 10.2. The summed E-state index contributed by atoms with van der Waals surface area (Å²) in [6.45, 7) is 5.54. The topological polar surface area (TPSA) is 56.8 Å². The summed E-state index contributed by atoms with van der Waals surface area (Å²) in [5.74, 6) is -0.551. The number of methoxy groups -OCH3 is 1. The predicted molar refractivity (Wildman–Crippen MR) is 59.0 cm³/mol. The van der Waals surface area contributed by atoms with Gasteiger partial charge < -0.3 is 19.5 Å². The minimum atomic E-state index is -0.548. The molecule has 1 heterocycles. The molecule has 0 spiro atoms. The van der Waals surface area contributed by atoms with Crippen molar-refractivity contribution in [2.75, 3.05) is 26.9 Å². The van der Waals surface area contributed by atoms with E-state index in [1.54, 1.807) is 7.11 Å². The fraction of sp³-hybridized carbons (Fsp3) is 0.909. The smallest absolute Gasteiger partial charge is 0.222 e. The van der Waals surface area contributed by atoms with Crippen LogP contribution in [0.5, 0.6) is 0 Å². The second-order valence-electron chi connectivity index (χ2n) is 4.25.